The van der Waals surface area contributed by atoms with Crippen LogP contribution in [0.15, 0.2) is 0 Å². The van der Waals surface area contributed by atoms with Crippen LogP contribution in [0.5, 0.6) is 0 Å². The second-order valence-electron chi connectivity index (χ2n) is 3.53. The normalized spacial score (nSPS) is 11.9. The third kappa shape index (κ3) is 6.94. The van der Waals surface area contributed by atoms with Gasteiger partial charge < -0.3 is 10.1 Å². The van der Waals surface area contributed by atoms with Gasteiger partial charge in [-0.05, 0) is 13.3 Å². The van der Waals surface area contributed by atoms with Crippen LogP contribution in [0.3, 0.4) is 0 Å². The first-order chi connectivity index (χ1) is 7.11. The van der Waals surface area contributed by atoms with E-state index in [1.165, 1.54) is 6.92 Å². The van der Waals surface area contributed by atoms with Crippen LogP contribution in [-0.2, 0) is 14.3 Å². The average molecular weight is 215 g/mol. The van der Waals surface area contributed by atoms with Gasteiger partial charge in [0.2, 0.25) is 5.91 Å². The van der Waals surface area contributed by atoms with Gasteiger partial charge in [-0.1, -0.05) is 19.8 Å². The quantitative estimate of drug-likeness (QED) is 0.655. The maximum absolute atomic E-state index is 11.5. The molecule has 0 radical (unpaired) electrons. The van der Waals surface area contributed by atoms with Crippen molar-refractivity contribution < 1.29 is 14.3 Å². The number of carbonyl (C=O) groups is 2. The van der Waals surface area contributed by atoms with E-state index in [-0.39, 0.29) is 17.8 Å². The number of amides is 1. The van der Waals surface area contributed by atoms with Gasteiger partial charge in [-0.25, -0.2) is 0 Å². The predicted octanol–water partition coefficient (Wildman–Crippen LogP) is 1.49. The van der Waals surface area contributed by atoms with E-state index in [0.29, 0.717) is 13.2 Å². The number of carbonyl (C=O) groups excluding carboxylic acids is 2. The van der Waals surface area contributed by atoms with E-state index in [1.807, 2.05) is 0 Å². The molecule has 0 fully saturated rings. The molecule has 0 aromatic heterocycles. The van der Waals surface area contributed by atoms with Crippen molar-refractivity contribution in [2.75, 3.05) is 13.2 Å². The first-order valence-corrected chi connectivity index (χ1v) is 5.52. The zero-order valence-corrected chi connectivity index (χ0v) is 9.84. The van der Waals surface area contributed by atoms with Gasteiger partial charge in [0.1, 0.15) is 0 Å². The summed E-state index contributed by atoms with van der Waals surface area (Å²) in [5.74, 6) is -0.519. The zero-order chi connectivity index (χ0) is 11.7. The molecule has 1 atom stereocenters. The Morgan fingerprint density at radius 1 is 1.33 bits per heavy atom. The molecule has 15 heavy (non-hydrogen) atoms. The van der Waals surface area contributed by atoms with E-state index in [1.54, 1.807) is 6.92 Å². The fourth-order valence-corrected chi connectivity index (χ4v) is 1.28. The SMILES string of the molecule is CCCCC(CNC(C)=O)C(=O)OCC. The Morgan fingerprint density at radius 3 is 2.47 bits per heavy atom. The maximum Gasteiger partial charge on any atom is 0.310 e. The maximum atomic E-state index is 11.5. The number of unbranched alkanes of at least 4 members (excludes halogenated alkanes) is 1. The molecular weight excluding hydrogens is 194 g/mol. The highest BCUT2D eigenvalue weighted by molar-refractivity contribution is 5.76. The van der Waals surface area contributed by atoms with Crippen molar-refractivity contribution in [1.82, 2.24) is 5.32 Å². The Kier molecular flexibility index (Phi) is 7.68. The molecule has 0 aliphatic heterocycles. The third-order valence-electron chi connectivity index (χ3n) is 2.12. The fourth-order valence-electron chi connectivity index (χ4n) is 1.28. The number of rotatable bonds is 7. The van der Waals surface area contributed by atoms with Crippen LogP contribution in [0.25, 0.3) is 0 Å². The Hall–Kier alpha value is -1.06. The van der Waals surface area contributed by atoms with Crippen molar-refractivity contribution in [3.8, 4) is 0 Å². The van der Waals surface area contributed by atoms with Crippen LogP contribution >= 0.6 is 0 Å². The lowest BCUT2D eigenvalue weighted by atomic mass is 10.0. The summed E-state index contributed by atoms with van der Waals surface area (Å²) >= 11 is 0. The fraction of sp³-hybridized carbons (Fsp3) is 0.818. The summed E-state index contributed by atoms with van der Waals surface area (Å²) < 4.78 is 4.94. The number of hydrogen-bond donors (Lipinski definition) is 1. The molecule has 0 heterocycles. The van der Waals surface area contributed by atoms with Gasteiger partial charge in [-0.2, -0.15) is 0 Å². The Labute approximate surface area is 91.4 Å². The van der Waals surface area contributed by atoms with Crippen LogP contribution in [0, 0.1) is 5.92 Å². The van der Waals surface area contributed by atoms with Crippen LogP contribution in [0.1, 0.15) is 40.0 Å². The molecule has 88 valence electrons. The van der Waals surface area contributed by atoms with Crippen molar-refractivity contribution >= 4 is 11.9 Å². The van der Waals surface area contributed by atoms with Crippen molar-refractivity contribution in [2.45, 2.75) is 40.0 Å². The molecule has 4 heteroatoms. The minimum absolute atomic E-state index is 0.110. The van der Waals surface area contributed by atoms with E-state index in [4.69, 9.17) is 4.74 Å². The largest absolute Gasteiger partial charge is 0.466 e. The van der Waals surface area contributed by atoms with Crippen molar-refractivity contribution in [3.63, 3.8) is 0 Å². The molecule has 0 aromatic carbocycles. The third-order valence-corrected chi connectivity index (χ3v) is 2.12. The summed E-state index contributed by atoms with van der Waals surface area (Å²) in [7, 11) is 0. The van der Waals surface area contributed by atoms with Crippen LogP contribution in [0.4, 0.5) is 0 Å². The highest BCUT2D eigenvalue weighted by atomic mass is 16.5. The van der Waals surface area contributed by atoms with Gasteiger partial charge >= 0.3 is 5.97 Å². The zero-order valence-electron chi connectivity index (χ0n) is 9.84. The lowest BCUT2D eigenvalue weighted by Gasteiger charge is -2.15. The molecule has 4 nitrogen and oxygen atoms in total. The summed E-state index contributed by atoms with van der Waals surface area (Å²) in [6.45, 7) is 6.07. The summed E-state index contributed by atoms with van der Waals surface area (Å²) in [6.07, 6.45) is 2.79. The molecule has 0 rings (SSSR count). The molecule has 1 unspecified atom stereocenters. The second-order valence-corrected chi connectivity index (χ2v) is 3.53. The van der Waals surface area contributed by atoms with Crippen molar-refractivity contribution in [1.29, 1.82) is 0 Å². The van der Waals surface area contributed by atoms with Gasteiger partial charge in [-0.15, -0.1) is 0 Å². The van der Waals surface area contributed by atoms with Crippen molar-refractivity contribution in [3.05, 3.63) is 0 Å². The molecule has 0 aliphatic carbocycles. The van der Waals surface area contributed by atoms with Gasteiger partial charge in [0, 0.05) is 13.5 Å². The van der Waals surface area contributed by atoms with E-state index < -0.39 is 0 Å². The topological polar surface area (TPSA) is 55.4 Å². The second kappa shape index (κ2) is 8.26. The van der Waals surface area contributed by atoms with E-state index in [2.05, 4.69) is 12.2 Å². The van der Waals surface area contributed by atoms with Gasteiger partial charge in [-0.3, -0.25) is 9.59 Å². The number of hydrogen-bond acceptors (Lipinski definition) is 3. The number of esters is 1. The van der Waals surface area contributed by atoms with E-state index in [9.17, 15) is 9.59 Å². The van der Waals surface area contributed by atoms with Crippen molar-refractivity contribution in [2.24, 2.45) is 5.92 Å². The molecule has 0 saturated carbocycles. The minimum atomic E-state index is -0.209. The van der Waals surface area contributed by atoms with Gasteiger partial charge in [0.25, 0.3) is 0 Å². The lowest BCUT2D eigenvalue weighted by Crippen LogP contribution is -2.32. The summed E-state index contributed by atoms with van der Waals surface area (Å²) in [5, 5.41) is 2.65. The Balaban J connectivity index is 4.04. The van der Waals surface area contributed by atoms with Gasteiger partial charge in [0.05, 0.1) is 12.5 Å². The minimum Gasteiger partial charge on any atom is -0.466 e. The first-order valence-electron chi connectivity index (χ1n) is 5.52. The van der Waals surface area contributed by atoms with Crippen LogP contribution in [-0.4, -0.2) is 25.0 Å². The summed E-state index contributed by atoms with van der Waals surface area (Å²) in [6, 6.07) is 0. The monoisotopic (exact) mass is 215 g/mol. The van der Waals surface area contributed by atoms with Crippen LogP contribution in [0.2, 0.25) is 0 Å². The summed E-state index contributed by atoms with van der Waals surface area (Å²) in [4.78, 5) is 22.2. The molecule has 1 N–H and O–H groups in total. The molecule has 1 amide bonds. The van der Waals surface area contributed by atoms with E-state index >= 15 is 0 Å². The molecule has 0 aliphatic rings. The van der Waals surface area contributed by atoms with Crippen LogP contribution < -0.4 is 5.32 Å². The standard InChI is InChI=1S/C11H21NO3/c1-4-6-7-10(8-12-9(3)13)11(14)15-5-2/h10H,4-8H2,1-3H3,(H,12,13). The lowest BCUT2D eigenvalue weighted by molar-refractivity contribution is -0.148. The average Bonchev–Trinajstić information content (AvgIpc) is 2.17. The van der Waals surface area contributed by atoms with Gasteiger partial charge in [0.15, 0.2) is 0 Å². The Bertz CT molecular complexity index is 204. The molecular formula is C11H21NO3. The highest BCUT2D eigenvalue weighted by Gasteiger charge is 2.19. The number of ether oxygens (including phenoxy) is 1. The molecule has 0 saturated heterocycles. The predicted molar refractivity (Wildman–Crippen MR) is 58.3 cm³/mol. The Morgan fingerprint density at radius 2 is 2.00 bits per heavy atom. The first kappa shape index (κ1) is 13.9. The molecule has 0 bridgehead atoms. The highest BCUT2D eigenvalue weighted by Crippen LogP contribution is 2.09. The molecule has 0 aromatic rings. The summed E-state index contributed by atoms with van der Waals surface area (Å²) in [5.41, 5.74) is 0. The van der Waals surface area contributed by atoms with E-state index in [0.717, 1.165) is 19.3 Å². The number of nitrogens with one attached hydrogen (secondary N) is 1. The smallest absolute Gasteiger partial charge is 0.310 e. The molecule has 0 spiro atoms.